The molecule has 114 valence electrons. The Morgan fingerprint density at radius 3 is 2.71 bits per heavy atom. The number of ether oxygens (including phenoxy) is 1. The molecule has 0 amide bonds. The van der Waals surface area contributed by atoms with Crippen LogP contribution in [0, 0.1) is 0 Å². The zero-order valence-corrected chi connectivity index (χ0v) is 11.5. The van der Waals surface area contributed by atoms with Crippen LogP contribution in [0.3, 0.4) is 0 Å². The van der Waals surface area contributed by atoms with E-state index >= 15 is 0 Å². The van der Waals surface area contributed by atoms with Crippen LogP contribution in [0.5, 0.6) is 0 Å². The first-order valence-corrected chi connectivity index (χ1v) is 6.71. The van der Waals surface area contributed by atoms with Gasteiger partial charge in [0.15, 0.2) is 0 Å². The number of rotatable bonds is 5. The number of hydrogen-bond donors (Lipinski definition) is 1. The molecular weight excluding hydrogens is 283 g/mol. The van der Waals surface area contributed by atoms with Crippen molar-refractivity contribution >= 4 is 16.9 Å². The zero-order chi connectivity index (χ0) is 15.5. The average molecular weight is 299 g/mol. The molecule has 0 bridgehead atoms. The van der Waals surface area contributed by atoms with E-state index < -0.39 is 24.5 Å². The highest BCUT2D eigenvalue weighted by Crippen LogP contribution is 2.40. The largest absolute Gasteiger partial charge is 0.466 e. The molecule has 1 atom stereocenters. The van der Waals surface area contributed by atoms with Crippen LogP contribution in [0.15, 0.2) is 30.5 Å². The molecule has 21 heavy (non-hydrogen) atoms. The van der Waals surface area contributed by atoms with Crippen molar-refractivity contribution < 1.29 is 22.7 Å². The molecule has 1 heterocycles. The summed E-state index contributed by atoms with van der Waals surface area (Å²) in [6, 6.07) is 6.71. The first kappa shape index (κ1) is 15.4. The summed E-state index contributed by atoms with van der Waals surface area (Å²) in [6.45, 7) is 1.92. The van der Waals surface area contributed by atoms with Crippen LogP contribution in [-0.2, 0) is 9.53 Å². The fraction of sp³-hybridized carbons (Fsp3) is 0.400. The van der Waals surface area contributed by atoms with E-state index in [9.17, 15) is 18.0 Å². The van der Waals surface area contributed by atoms with Crippen molar-refractivity contribution in [3.8, 4) is 0 Å². The van der Waals surface area contributed by atoms with Gasteiger partial charge in [0.2, 0.25) is 0 Å². The maximum atomic E-state index is 13.3. The minimum absolute atomic E-state index is 0.0755. The van der Waals surface area contributed by atoms with E-state index in [1.165, 1.54) is 6.20 Å². The number of nitrogens with one attached hydrogen (secondary N) is 1. The van der Waals surface area contributed by atoms with E-state index in [1.54, 1.807) is 31.2 Å². The highest BCUT2D eigenvalue weighted by atomic mass is 19.4. The predicted molar refractivity (Wildman–Crippen MR) is 73.0 cm³/mol. The lowest BCUT2D eigenvalue weighted by Crippen LogP contribution is -2.24. The summed E-state index contributed by atoms with van der Waals surface area (Å²) in [7, 11) is 0. The van der Waals surface area contributed by atoms with Gasteiger partial charge in [-0.25, -0.2) is 0 Å². The van der Waals surface area contributed by atoms with Gasteiger partial charge in [0.05, 0.1) is 18.9 Å². The van der Waals surface area contributed by atoms with Crippen LogP contribution in [0.1, 0.15) is 31.2 Å². The van der Waals surface area contributed by atoms with E-state index in [4.69, 9.17) is 4.74 Å². The number of hydrogen-bond acceptors (Lipinski definition) is 2. The van der Waals surface area contributed by atoms with Gasteiger partial charge < -0.3 is 9.72 Å². The molecular formula is C15H16F3NO2. The van der Waals surface area contributed by atoms with Crippen molar-refractivity contribution in [3.63, 3.8) is 0 Å². The third-order valence-corrected chi connectivity index (χ3v) is 3.23. The third-order valence-electron chi connectivity index (χ3n) is 3.23. The van der Waals surface area contributed by atoms with Gasteiger partial charge in [-0.1, -0.05) is 25.1 Å². The molecule has 0 radical (unpaired) electrons. The number of esters is 1. The van der Waals surface area contributed by atoms with Gasteiger partial charge >= 0.3 is 12.1 Å². The molecule has 0 aliphatic rings. The van der Waals surface area contributed by atoms with E-state index in [1.807, 2.05) is 0 Å². The SMILES string of the molecule is CCCOC(=O)CC(c1c[nH]c2ccccc12)C(F)(F)F. The fourth-order valence-electron chi connectivity index (χ4n) is 2.23. The van der Waals surface area contributed by atoms with Crippen molar-refractivity contribution in [2.75, 3.05) is 6.61 Å². The van der Waals surface area contributed by atoms with E-state index in [0.717, 1.165) is 0 Å². The number of carbonyl (C=O) groups excluding carboxylic acids is 1. The van der Waals surface area contributed by atoms with E-state index in [2.05, 4.69) is 4.98 Å². The molecule has 1 aromatic heterocycles. The molecule has 0 fully saturated rings. The van der Waals surface area contributed by atoms with Crippen LogP contribution >= 0.6 is 0 Å². The van der Waals surface area contributed by atoms with E-state index in [0.29, 0.717) is 17.3 Å². The summed E-state index contributed by atoms with van der Waals surface area (Å²) in [5.74, 6) is -2.69. The van der Waals surface area contributed by atoms with Gasteiger partial charge in [0.25, 0.3) is 0 Å². The van der Waals surface area contributed by atoms with E-state index in [-0.39, 0.29) is 12.2 Å². The Balaban J connectivity index is 2.30. The molecule has 0 saturated carbocycles. The van der Waals surface area contributed by atoms with Crippen LogP contribution < -0.4 is 0 Å². The van der Waals surface area contributed by atoms with Crippen LogP contribution in [0.2, 0.25) is 0 Å². The summed E-state index contributed by atoms with van der Waals surface area (Å²) >= 11 is 0. The second-order valence-corrected chi connectivity index (χ2v) is 4.81. The number of fused-ring (bicyclic) bond motifs is 1. The first-order valence-electron chi connectivity index (χ1n) is 6.71. The number of halogens is 3. The molecule has 0 spiro atoms. The van der Waals surface area contributed by atoms with Crippen molar-refractivity contribution in [3.05, 3.63) is 36.0 Å². The summed E-state index contributed by atoms with van der Waals surface area (Å²) in [5.41, 5.74) is 0.690. The number of aromatic nitrogens is 1. The zero-order valence-electron chi connectivity index (χ0n) is 11.5. The Hall–Kier alpha value is -1.98. The second-order valence-electron chi connectivity index (χ2n) is 4.81. The number of para-hydroxylation sites is 1. The van der Waals surface area contributed by atoms with Gasteiger partial charge in [0, 0.05) is 17.1 Å². The number of alkyl halides is 3. The van der Waals surface area contributed by atoms with Crippen LogP contribution in [0.4, 0.5) is 13.2 Å². The molecule has 0 aliphatic carbocycles. The minimum Gasteiger partial charge on any atom is -0.466 e. The molecule has 1 N–H and O–H groups in total. The lowest BCUT2D eigenvalue weighted by molar-refractivity contribution is -0.166. The van der Waals surface area contributed by atoms with Gasteiger partial charge in [-0.15, -0.1) is 0 Å². The Morgan fingerprint density at radius 1 is 1.33 bits per heavy atom. The Labute approximate surface area is 120 Å². The van der Waals surface area contributed by atoms with Gasteiger partial charge in [-0.3, -0.25) is 4.79 Å². The molecule has 0 aliphatic heterocycles. The molecule has 1 unspecified atom stereocenters. The molecule has 1 aromatic carbocycles. The molecule has 0 saturated heterocycles. The Bertz CT molecular complexity index is 619. The van der Waals surface area contributed by atoms with Gasteiger partial charge in [-0.2, -0.15) is 13.2 Å². The fourth-order valence-corrected chi connectivity index (χ4v) is 2.23. The normalized spacial score (nSPS) is 13.3. The molecule has 2 aromatic rings. The molecule has 3 nitrogen and oxygen atoms in total. The summed E-state index contributed by atoms with van der Waals surface area (Å²) in [4.78, 5) is 14.4. The molecule has 2 rings (SSSR count). The Morgan fingerprint density at radius 2 is 2.05 bits per heavy atom. The molecule has 6 heteroatoms. The summed E-state index contributed by atoms with van der Waals surface area (Å²) in [5, 5.41) is 0.475. The number of benzene rings is 1. The monoisotopic (exact) mass is 299 g/mol. The number of H-pyrrole nitrogens is 1. The van der Waals surface area contributed by atoms with Crippen molar-refractivity contribution in [2.24, 2.45) is 0 Å². The van der Waals surface area contributed by atoms with Crippen molar-refractivity contribution in [2.45, 2.75) is 31.9 Å². The Kier molecular flexibility index (Phi) is 4.55. The smallest absolute Gasteiger partial charge is 0.396 e. The highest BCUT2D eigenvalue weighted by molar-refractivity contribution is 5.84. The van der Waals surface area contributed by atoms with Crippen molar-refractivity contribution in [1.82, 2.24) is 4.98 Å². The summed E-state index contributed by atoms with van der Waals surface area (Å²) < 4.78 is 44.6. The topological polar surface area (TPSA) is 42.1 Å². The van der Waals surface area contributed by atoms with Crippen molar-refractivity contribution in [1.29, 1.82) is 0 Å². The van der Waals surface area contributed by atoms with Gasteiger partial charge in [0.1, 0.15) is 0 Å². The lowest BCUT2D eigenvalue weighted by atomic mass is 9.94. The van der Waals surface area contributed by atoms with Crippen LogP contribution in [0.25, 0.3) is 10.9 Å². The second kappa shape index (κ2) is 6.20. The third kappa shape index (κ3) is 3.56. The minimum atomic E-state index is -4.50. The maximum absolute atomic E-state index is 13.3. The first-order chi connectivity index (χ1) is 9.93. The predicted octanol–water partition coefficient (Wildman–Crippen LogP) is 4.16. The standard InChI is InChI=1S/C15H16F3NO2/c1-2-7-21-14(20)8-12(15(16,17)18)11-9-19-13-6-4-3-5-10(11)13/h3-6,9,12,19H,2,7-8H2,1H3. The quantitative estimate of drug-likeness (QED) is 0.842. The van der Waals surface area contributed by atoms with Gasteiger partial charge in [-0.05, 0) is 18.1 Å². The highest BCUT2D eigenvalue weighted by Gasteiger charge is 2.43. The summed E-state index contributed by atoms with van der Waals surface area (Å²) in [6.07, 6.45) is -3.31. The average Bonchev–Trinajstić information content (AvgIpc) is 2.85. The number of carbonyl (C=O) groups is 1. The van der Waals surface area contributed by atoms with Crippen LogP contribution in [-0.4, -0.2) is 23.7 Å². The lowest BCUT2D eigenvalue weighted by Gasteiger charge is -2.19. The maximum Gasteiger partial charge on any atom is 0.396 e. The number of aromatic amines is 1.